The monoisotopic (exact) mass is 288 g/mol. The van der Waals surface area contributed by atoms with E-state index >= 15 is 0 Å². The molecule has 0 radical (unpaired) electrons. The van der Waals surface area contributed by atoms with Crippen LogP contribution in [0.5, 0.6) is 11.5 Å². The van der Waals surface area contributed by atoms with E-state index in [0.717, 1.165) is 11.3 Å². The Bertz CT molecular complexity index is 721. The predicted molar refractivity (Wildman–Crippen MR) is 75.9 cm³/mol. The van der Waals surface area contributed by atoms with Gasteiger partial charge in [-0.25, -0.2) is 0 Å². The summed E-state index contributed by atoms with van der Waals surface area (Å²) in [6, 6.07) is 9.08. The van der Waals surface area contributed by atoms with Gasteiger partial charge < -0.3 is 14.4 Å². The minimum Gasteiger partial charge on any atom is -0.506 e. The molecule has 0 aliphatic carbocycles. The van der Waals surface area contributed by atoms with E-state index in [1.807, 2.05) is 31.2 Å². The molecule has 20 heavy (non-hydrogen) atoms. The highest BCUT2D eigenvalue weighted by Gasteiger charge is 2.15. The maximum absolute atomic E-state index is 9.66. The van der Waals surface area contributed by atoms with Crippen molar-refractivity contribution in [2.75, 3.05) is 6.61 Å². The van der Waals surface area contributed by atoms with Crippen LogP contribution in [0, 0.1) is 0 Å². The van der Waals surface area contributed by atoms with E-state index in [-0.39, 0.29) is 5.75 Å². The van der Waals surface area contributed by atoms with Crippen LogP contribution in [0.1, 0.15) is 6.92 Å². The van der Waals surface area contributed by atoms with Gasteiger partial charge in [-0.2, -0.15) is 4.98 Å². The van der Waals surface area contributed by atoms with E-state index in [1.54, 1.807) is 11.4 Å². The third kappa shape index (κ3) is 2.37. The van der Waals surface area contributed by atoms with Crippen molar-refractivity contribution in [1.82, 2.24) is 10.1 Å². The molecule has 0 bridgehead atoms. The minimum absolute atomic E-state index is 0.147. The van der Waals surface area contributed by atoms with Gasteiger partial charge in [0, 0.05) is 5.56 Å². The number of rotatable bonds is 4. The molecule has 0 fully saturated rings. The van der Waals surface area contributed by atoms with Gasteiger partial charge in [-0.1, -0.05) is 17.3 Å². The van der Waals surface area contributed by atoms with E-state index < -0.39 is 0 Å². The third-order valence-electron chi connectivity index (χ3n) is 2.67. The van der Waals surface area contributed by atoms with Gasteiger partial charge in [-0.3, -0.25) is 0 Å². The molecule has 3 aromatic rings. The van der Waals surface area contributed by atoms with Gasteiger partial charge in [0.15, 0.2) is 0 Å². The zero-order valence-electron chi connectivity index (χ0n) is 10.7. The summed E-state index contributed by atoms with van der Waals surface area (Å²) in [7, 11) is 0. The van der Waals surface area contributed by atoms with Crippen molar-refractivity contribution in [1.29, 1.82) is 0 Å². The van der Waals surface area contributed by atoms with Crippen LogP contribution in [-0.4, -0.2) is 21.9 Å². The summed E-state index contributed by atoms with van der Waals surface area (Å²) in [4.78, 5) is 4.88. The lowest BCUT2D eigenvalue weighted by Crippen LogP contribution is -1.91. The highest BCUT2D eigenvalue weighted by atomic mass is 32.1. The number of thiophene rings is 1. The molecule has 0 saturated carbocycles. The average Bonchev–Trinajstić information content (AvgIpc) is 3.08. The Hall–Kier alpha value is -2.34. The summed E-state index contributed by atoms with van der Waals surface area (Å²) in [6.07, 6.45) is 0. The molecule has 0 unspecified atom stereocenters. The van der Waals surface area contributed by atoms with E-state index in [2.05, 4.69) is 10.1 Å². The van der Waals surface area contributed by atoms with Crippen molar-refractivity contribution >= 4 is 11.3 Å². The second kappa shape index (κ2) is 5.34. The van der Waals surface area contributed by atoms with Crippen molar-refractivity contribution in [3.63, 3.8) is 0 Å². The molecule has 2 aromatic heterocycles. The zero-order chi connectivity index (χ0) is 13.9. The quantitative estimate of drug-likeness (QED) is 0.794. The Morgan fingerprint density at radius 2 is 2.25 bits per heavy atom. The van der Waals surface area contributed by atoms with Crippen LogP contribution in [0.15, 0.2) is 40.2 Å². The van der Waals surface area contributed by atoms with Crippen LogP contribution < -0.4 is 4.74 Å². The van der Waals surface area contributed by atoms with Crippen molar-refractivity contribution in [3.05, 3.63) is 35.7 Å². The van der Waals surface area contributed by atoms with Crippen molar-refractivity contribution in [2.24, 2.45) is 0 Å². The van der Waals surface area contributed by atoms with Gasteiger partial charge in [-0.05, 0) is 30.5 Å². The fourth-order valence-electron chi connectivity index (χ4n) is 1.79. The summed E-state index contributed by atoms with van der Waals surface area (Å²) in [5.41, 5.74) is 0.807. The average molecular weight is 288 g/mol. The van der Waals surface area contributed by atoms with Gasteiger partial charge in [0.25, 0.3) is 5.89 Å². The van der Waals surface area contributed by atoms with Gasteiger partial charge in [-0.15, -0.1) is 11.3 Å². The highest BCUT2D eigenvalue weighted by Crippen LogP contribution is 2.34. The van der Waals surface area contributed by atoms with Crippen LogP contribution in [0.4, 0.5) is 0 Å². The number of aromatic hydroxyl groups is 1. The van der Waals surface area contributed by atoms with Crippen LogP contribution in [0.2, 0.25) is 0 Å². The van der Waals surface area contributed by atoms with E-state index in [1.165, 1.54) is 11.3 Å². The fraction of sp³-hybridized carbons (Fsp3) is 0.143. The maximum Gasteiger partial charge on any atom is 0.272 e. The first-order valence-electron chi connectivity index (χ1n) is 6.11. The van der Waals surface area contributed by atoms with Gasteiger partial charge >= 0.3 is 0 Å². The SMILES string of the molecule is CCOc1cccc(-c2noc(-c3sccc3O)n2)c1. The van der Waals surface area contributed by atoms with E-state index in [0.29, 0.717) is 23.2 Å². The Kier molecular flexibility index (Phi) is 3.39. The van der Waals surface area contributed by atoms with Crippen LogP contribution in [0.3, 0.4) is 0 Å². The smallest absolute Gasteiger partial charge is 0.272 e. The number of hydrogen-bond acceptors (Lipinski definition) is 6. The first-order valence-corrected chi connectivity index (χ1v) is 6.99. The molecule has 0 spiro atoms. The molecule has 1 N–H and O–H groups in total. The first kappa shape index (κ1) is 12.7. The standard InChI is InChI=1S/C14H12N2O3S/c1-2-18-10-5-3-4-9(8-10)13-15-14(19-16-13)12-11(17)6-7-20-12/h3-8,17H,2H2,1H3. The molecular formula is C14H12N2O3S. The lowest BCUT2D eigenvalue weighted by Gasteiger charge is -2.02. The maximum atomic E-state index is 9.66. The summed E-state index contributed by atoms with van der Waals surface area (Å²) in [5, 5.41) is 15.4. The second-order valence-corrected chi connectivity index (χ2v) is 4.94. The highest BCUT2D eigenvalue weighted by molar-refractivity contribution is 7.13. The molecular weight excluding hydrogens is 276 g/mol. The van der Waals surface area contributed by atoms with Crippen molar-refractivity contribution in [2.45, 2.75) is 6.92 Å². The normalized spacial score (nSPS) is 10.7. The molecule has 0 atom stereocenters. The summed E-state index contributed by atoms with van der Waals surface area (Å²) < 4.78 is 10.6. The van der Waals surface area contributed by atoms with E-state index in [9.17, 15) is 5.11 Å². The van der Waals surface area contributed by atoms with Crippen molar-refractivity contribution < 1.29 is 14.4 Å². The molecule has 6 heteroatoms. The Balaban J connectivity index is 1.94. The lowest BCUT2D eigenvalue weighted by molar-refractivity contribution is 0.340. The molecule has 0 amide bonds. The number of hydrogen-bond donors (Lipinski definition) is 1. The number of benzene rings is 1. The number of ether oxygens (including phenoxy) is 1. The summed E-state index contributed by atoms with van der Waals surface area (Å²) in [5.74, 6) is 1.69. The number of nitrogens with zero attached hydrogens (tertiary/aromatic N) is 2. The second-order valence-electron chi connectivity index (χ2n) is 4.02. The fourth-order valence-corrected chi connectivity index (χ4v) is 2.49. The van der Waals surface area contributed by atoms with Gasteiger partial charge in [0.2, 0.25) is 5.82 Å². The molecule has 0 saturated heterocycles. The van der Waals surface area contributed by atoms with Gasteiger partial charge in [0.05, 0.1) is 6.61 Å². The van der Waals surface area contributed by atoms with E-state index in [4.69, 9.17) is 9.26 Å². The van der Waals surface area contributed by atoms with Gasteiger partial charge in [0.1, 0.15) is 16.4 Å². The predicted octanol–water partition coefficient (Wildman–Crippen LogP) is 3.57. The third-order valence-corrected chi connectivity index (χ3v) is 3.56. The zero-order valence-corrected chi connectivity index (χ0v) is 11.6. The van der Waals surface area contributed by atoms with Crippen molar-refractivity contribution in [3.8, 4) is 33.7 Å². The lowest BCUT2D eigenvalue weighted by atomic mass is 10.2. The molecule has 5 nitrogen and oxygen atoms in total. The molecule has 0 aliphatic rings. The molecule has 102 valence electrons. The molecule has 2 heterocycles. The molecule has 0 aliphatic heterocycles. The Morgan fingerprint density at radius 1 is 1.35 bits per heavy atom. The summed E-state index contributed by atoms with van der Waals surface area (Å²) in [6.45, 7) is 2.53. The summed E-state index contributed by atoms with van der Waals surface area (Å²) >= 11 is 1.35. The number of aromatic nitrogens is 2. The molecule has 1 aromatic carbocycles. The van der Waals surface area contributed by atoms with Crippen LogP contribution >= 0.6 is 11.3 Å². The topological polar surface area (TPSA) is 68.4 Å². The Morgan fingerprint density at radius 3 is 3.00 bits per heavy atom. The van der Waals surface area contributed by atoms with Crippen LogP contribution in [-0.2, 0) is 0 Å². The first-order chi connectivity index (χ1) is 9.78. The van der Waals surface area contributed by atoms with Crippen LogP contribution in [0.25, 0.3) is 22.2 Å². The largest absolute Gasteiger partial charge is 0.506 e. The minimum atomic E-state index is 0.147. The Labute approximate surface area is 119 Å². The molecule has 3 rings (SSSR count).